The van der Waals surface area contributed by atoms with Crippen molar-refractivity contribution in [2.24, 2.45) is 0 Å². The Morgan fingerprint density at radius 3 is 2.90 bits per heavy atom. The summed E-state index contributed by atoms with van der Waals surface area (Å²) in [4.78, 5) is 13.8. The van der Waals surface area contributed by atoms with Crippen molar-refractivity contribution in [3.63, 3.8) is 0 Å². The molecule has 110 valence electrons. The molecule has 20 heavy (non-hydrogen) atoms. The van der Waals surface area contributed by atoms with E-state index in [9.17, 15) is 9.18 Å². The molecule has 2 amide bonds. The van der Waals surface area contributed by atoms with Gasteiger partial charge in [0.25, 0.3) is 0 Å². The minimum atomic E-state index is -0.239. The predicted octanol–water partition coefficient (Wildman–Crippen LogP) is 2.19. The first-order valence-electron chi connectivity index (χ1n) is 7.08. The van der Waals surface area contributed by atoms with Crippen molar-refractivity contribution in [3.05, 3.63) is 35.6 Å². The topological polar surface area (TPSA) is 41.6 Å². The number of ether oxygens (including phenoxy) is 1. The number of morpholine rings is 1. The Bertz CT molecular complexity index is 436. The Balaban J connectivity index is 1.73. The Labute approximate surface area is 118 Å². The number of carbonyl (C=O) groups excluding carboxylic acids is 1. The molecule has 0 aliphatic carbocycles. The Hall–Kier alpha value is -1.62. The van der Waals surface area contributed by atoms with Gasteiger partial charge < -0.3 is 15.0 Å². The molecule has 1 aromatic rings. The summed E-state index contributed by atoms with van der Waals surface area (Å²) in [6.45, 7) is 4.50. The van der Waals surface area contributed by atoms with Crippen molar-refractivity contribution in [3.8, 4) is 0 Å². The van der Waals surface area contributed by atoms with Crippen molar-refractivity contribution in [2.75, 3.05) is 26.2 Å². The van der Waals surface area contributed by atoms with Crippen LogP contribution in [0.1, 0.15) is 18.9 Å². The van der Waals surface area contributed by atoms with Crippen LogP contribution in [0.4, 0.5) is 9.18 Å². The highest BCUT2D eigenvalue weighted by atomic mass is 19.1. The molecule has 1 heterocycles. The van der Waals surface area contributed by atoms with E-state index in [4.69, 9.17) is 4.74 Å². The van der Waals surface area contributed by atoms with Crippen LogP contribution in [0.15, 0.2) is 24.3 Å². The number of nitrogens with zero attached hydrogens (tertiary/aromatic N) is 1. The zero-order valence-electron chi connectivity index (χ0n) is 11.8. The van der Waals surface area contributed by atoms with Crippen molar-refractivity contribution in [2.45, 2.75) is 25.9 Å². The van der Waals surface area contributed by atoms with Gasteiger partial charge in [0, 0.05) is 19.6 Å². The molecule has 0 radical (unpaired) electrons. The maximum absolute atomic E-state index is 12.8. The second kappa shape index (κ2) is 7.24. The molecule has 1 aromatic carbocycles. The number of halogens is 1. The van der Waals surface area contributed by atoms with Crippen LogP contribution in [-0.2, 0) is 11.2 Å². The number of urea groups is 1. The molecule has 1 aliphatic heterocycles. The van der Waals surface area contributed by atoms with E-state index in [1.165, 1.54) is 12.1 Å². The molecule has 4 nitrogen and oxygen atoms in total. The molecule has 1 fully saturated rings. The summed E-state index contributed by atoms with van der Waals surface area (Å²) in [5.41, 5.74) is 1.01. The van der Waals surface area contributed by atoms with Gasteiger partial charge in [0.2, 0.25) is 0 Å². The van der Waals surface area contributed by atoms with Gasteiger partial charge in [0.05, 0.1) is 12.7 Å². The quantitative estimate of drug-likeness (QED) is 0.918. The zero-order chi connectivity index (χ0) is 14.4. The highest BCUT2D eigenvalue weighted by molar-refractivity contribution is 5.74. The fourth-order valence-corrected chi connectivity index (χ4v) is 2.23. The normalized spacial score (nSPS) is 18.9. The Kier molecular flexibility index (Phi) is 5.35. The van der Waals surface area contributed by atoms with Crippen LogP contribution in [0.25, 0.3) is 0 Å². The van der Waals surface area contributed by atoms with Crippen LogP contribution < -0.4 is 5.32 Å². The van der Waals surface area contributed by atoms with Crippen molar-refractivity contribution >= 4 is 6.03 Å². The lowest BCUT2D eigenvalue weighted by molar-refractivity contribution is -0.0153. The fraction of sp³-hybridized carbons (Fsp3) is 0.533. The minimum absolute atomic E-state index is 0.0474. The summed E-state index contributed by atoms with van der Waals surface area (Å²) in [7, 11) is 0. The van der Waals surface area contributed by atoms with Crippen LogP contribution in [0.5, 0.6) is 0 Å². The number of hydrogen-bond donors (Lipinski definition) is 1. The van der Waals surface area contributed by atoms with Gasteiger partial charge in [-0.05, 0) is 30.5 Å². The monoisotopic (exact) mass is 280 g/mol. The van der Waals surface area contributed by atoms with Gasteiger partial charge >= 0.3 is 6.03 Å². The maximum Gasteiger partial charge on any atom is 0.317 e. The number of benzene rings is 1. The lowest BCUT2D eigenvalue weighted by Gasteiger charge is -2.32. The maximum atomic E-state index is 12.8. The summed E-state index contributed by atoms with van der Waals surface area (Å²) < 4.78 is 18.3. The molecular weight excluding hydrogens is 259 g/mol. The highest BCUT2D eigenvalue weighted by Gasteiger charge is 2.22. The molecule has 1 atom stereocenters. The lowest BCUT2D eigenvalue weighted by Crippen LogP contribution is -2.49. The van der Waals surface area contributed by atoms with Crippen molar-refractivity contribution < 1.29 is 13.9 Å². The molecule has 0 spiro atoms. The molecule has 1 saturated heterocycles. The van der Waals surface area contributed by atoms with Crippen LogP contribution in [0.2, 0.25) is 0 Å². The first-order chi connectivity index (χ1) is 9.69. The van der Waals surface area contributed by atoms with Gasteiger partial charge in [0.15, 0.2) is 0 Å². The van der Waals surface area contributed by atoms with Crippen molar-refractivity contribution in [1.82, 2.24) is 10.2 Å². The summed E-state index contributed by atoms with van der Waals surface area (Å²) in [5.74, 6) is -0.239. The van der Waals surface area contributed by atoms with Gasteiger partial charge in [-0.2, -0.15) is 0 Å². The fourth-order valence-electron chi connectivity index (χ4n) is 2.23. The van der Waals surface area contributed by atoms with Gasteiger partial charge in [-0.15, -0.1) is 0 Å². The SMILES string of the molecule is CC[C@H]1CN(C(=O)NCCc2ccc(F)cc2)CCO1. The lowest BCUT2D eigenvalue weighted by atomic mass is 10.1. The van der Waals surface area contributed by atoms with Crippen LogP contribution in [0.3, 0.4) is 0 Å². The second-order valence-corrected chi connectivity index (χ2v) is 4.96. The predicted molar refractivity (Wildman–Crippen MR) is 75.1 cm³/mol. The van der Waals surface area contributed by atoms with E-state index in [1.54, 1.807) is 17.0 Å². The zero-order valence-corrected chi connectivity index (χ0v) is 11.8. The smallest absolute Gasteiger partial charge is 0.317 e. The van der Waals surface area contributed by atoms with E-state index >= 15 is 0 Å². The van der Waals surface area contributed by atoms with Crippen LogP contribution >= 0.6 is 0 Å². The van der Waals surface area contributed by atoms with E-state index < -0.39 is 0 Å². The van der Waals surface area contributed by atoms with Gasteiger partial charge in [0.1, 0.15) is 5.82 Å². The molecule has 0 unspecified atom stereocenters. The van der Waals surface area contributed by atoms with E-state index in [2.05, 4.69) is 12.2 Å². The number of hydrogen-bond acceptors (Lipinski definition) is 2. The minimum Gasteiger partial charge on any atom is -0.375 e. The standard InChI is InChI=1S/C15H21FN2O2/c1-2-14-11-18(9-10-20-14)15(19)17-8-7-12-3-5-13(16)6-4-12/h3-6,14H,2,7-11H2,1H3,(H,17,19)/t14-/m0/s1. The third-order valence-corrected chi connectivity index (χ3v) is 3.48. The Morgan fingerprint density at radius 2 is 2.20 bits per heavy atom. The number of rotatable bonds is 4. The van der Waals surface area contributed by atoms with Gasteiger partial charge in [-0.3, -0.25) is 0 Å². The van der Waals surface area contributed by atoms with E-state index in [0.717, 1.165) is 12.0 Å². The van der Waals surface area contributed by atoms with E-state index in [0.29, 0.717) is 32.7 Å². The molecule has 0 saturated carbocycles. The largest absolute Gasteiger partial charge is 0.375 e. The molecule has 0 aromatic heterocycles. The first-order valence-corrected chi connectivity index (χ1v) is 7.08. The van der Waals surface area contributed by atoms with E-state index in [-0.39, 0.29) is 18.0 Å². The summed E-state index contributed by atoms with van der Waals surface area (Å²) in [6.07, 6.45) is 1.76. The van der Waals surface area contributed by atoms with Gasteiger partial charge in [-0.1, -0.05) is 19.1 Å². The number of amides is 2. The molecule has 2 rings (SSSR count). The molecule has 5 heteroatoms. The summed E-state index contributed by atoms with van der Waals surface area (Å²) >= 11 is 0. The molecule has 0 bridgehead atoms. The van der Waals surface area contributed by atoms with E-state index in [1.807, 2.05) is 0 Å². The van der Waals surface area contributed by atoms with Crippen LogP contribution in [0, 0.1) is 5.82 Å². The number of nitrogens with one attached hydrogen (secondary N) is 1. The average molecular weight is 280 g/mol. The summed E-state index contributed by atoms with van der Waals surface area (Å²) in [5, 5.41) is 2.90. The summed E-state index contributed by atoms with van der Waals surface area (Å²) in [6, 6.07) is 6.30. The van der Waals surface area contributed by atoms with Gasteiger partial charge in [-0.25, -0.2) is 9.18 Å². The van der Waals surface area contributed by atoms with Crippen molar-refractivity contribution in [1.29, 1.82) is 0 Å². The molecule has 1 N–H and O–H groups in total. The Morgan fingerprint density at radius 1 is 1.45 bits per heavy atom. The molecule has 1 aliphatic rings. The highest BCUT2D eigenvalue weighted by Crippen LogP contribution is 2.08. The molecular formula is C15H21FN2O2. The first kappa shape index (κ1) is 14.8. The third-order valence-electron chi connectivity index (χ3n) is 3.48. The average Bonchev–Trinajstić information content (AvgIpc) is 2.49. The number of carbonyl (C=O) groups is 1. The third kappa shape index (κ3) is 4.20. The second-order valence-electron chi connectivity index (χ2n) is 4.96. The van der Waals surface area contributed by atoms with Crippen LogP contribution in [-0.4, -0.2) is 43.3 Å².